The molecule has 0 spiro atoms. The summed E-state index contributed by atoms with van der Waals surface area (Å²) >= 11 is 6.01. The lowest BCUT2D eigenvalue weighted by molar-refractivity contribution is -0.145. The van der Waals surface area contributed by atoms with Crippen LogP contribution in [0.5, 0.6) is 0 Å². The number of methoxy groups -OCH3 is 1. The van der Waals surface area contributed by atoms with Gasteiger partial charge in [0.25, 0.3) is 0 Å². The average molecular weight is 330 g/mol. The van der Waals surface area contributed by atoms with E-state index in [9.17, 15) is 10.1 Å². The van der Waals surface area contributed by atoms with Gasteiger partial charge >= 0.3 is 5.97 Å². The van der Waals surface area contributed by atoms with E-state index in [-0.39, 0.29) is 11.9 Å². The molecule has 2 heterocycles. The Bertz CT molecular complexity index is 800. The van der Waals surface area contributed by atoms with Crippen molar-refractivity contribution in [3.8, 4) is 6.07 Å². The van der Waals surface area contributed by atoms with Crippen molar-refractivity contribution in [3.63, 3.8) is 0 Å². The van der Waals surface area contributed by atoms with E-state index in [1.807, 2.05) is 11.0 Å². The van der Waals surface area contributed by atoms with Gasteiger partial charge in [-0.2, -0.15) is 5.26 Å². The minimum atomic E-state index is -0.192. The maximum absolute atomic E-state index is 11.8. The van der Waals surface area contributed by atoms with Crippen molar-refractivity contribution in [3.05, 3.63) is 34.9 Å². The molecule has 1 atom stereocenters. The van der Waals surface area contributed by atoms with Crippen LogP contribution in [0.25, 0.3) is 10.9 Å². The molecule has 1 aliphatic heterocycles. The lowest BCUT2D eigenvalue weighted by Crippen LogP contribution is -2.39. The van der Waals surface area contributed by atoms with Crippen LogP contribution in [-0.4, -0.2) is 31.2 Å². The first-order valence-electron chi connectivity index (χ1n) is 7.45. The molecule has 0 bridgehead atoms. The first-order valence-corrected chi connectivity index (χ1v) is 7.83. The predicted molar refractivity (Wildman–Crippen MR) is 88.4 cm³/mol. The number of aromatic nitrogens is 1. The topological polar surface area (TPSA) is 66.2 Å². The zero-order chi connectivity index (χ0) is 16.4. The van der Waals surface area contributed by atoms with Crippen LogP contribution in [0, 0.1) is 17.2 Å². The second-order valence-electron chi connectivity index (χ2n) is 5.61. The summed E-state index contributed by atoms with van der Waals surface area (Å²) in [5, 5.41) is 10.7. The monoisotopic (exact) mass is 329 g/mol. The zero-order valence-corrected chi connectivity index (χ0v) is 13.5. The number of nitriles is 1. The molecular weight excluding hydrogens is 314 g/mol. The number of hydrogen-bond donors (Lipinski definition) is 0. The van der Waals surface area contributed by atoms with Crippen LogP contribution in [0.4, 0.5) is 5.82 Å². The van der Waals surface area contributed by atoms with E-state index >= 15 is 0 Å². The molecule has 1 saturated heterocycles. The Balaban J connectivity index is 1.98. The summed E-state index contributed by atoms with van der Waals surface area (Å²) in [4.78, 5) is 18.5. The molecule has 1 aliphatic rings. The second kappa shape index (κ2) is 6.43. The molecule has 3 rings (SSSR count). The third-order valence-electron chi connectivity index (χ3n) is 4.16. The van der Waals surface area contributed by atoms with Gasteiger partial charge in [-0.3, -0.25) is 4.79 Å². The molecule has 0 amide bonds. The number of fused-ring (bicyclic) bond motifs is 1. The van der Waals surface area contributed by atoms with Crippen molar-refractivity contribution in [1.82, 2.24) is 4.98 Å². The Hall–Kier alpha value is -2.32. The van der Waals surface area contributed by atoms with Gasteiger partial charge in [0.05, 0.1) is 30.2 Å². The first kappa shape index (κ1) is 15.6. The highest BCUT2D eigenvalue weighted by Gasteiger charge is 2.27. The molecule has 23 heavy (non-hydrogen) atoms. The van der Waals surface area contributed by atoms with Crippen molar-refractivity contribution >= 4 is 34.3 Å². The molecule has 118 valence electrons. The van der Waals surface area contributed by atoms with E-state index in [4.69, 9.17) is 16.3 Å². The van der Waals surface area contributed by atoms with E-state index in [0.29, 0.717) is 22.9 Å². The van der Waals surface area contributed by atoms with Crippen molar-refractivity contribution in [2.75, 3.05) is 25.1 Å². The van der Waals surface area contributed by atoms with Crippen LogP contribution in [0.2, 0.25) is 5.02 Å². The predicted octanol–water partition coefficient (Wildman–Crippen LogP) is 3.15. The number of carbonyl (C=O) groups is 1. The maximum atomic E-state index is 11.8. The van der Waals surface area contributed by atoms with Crippen molar-refractivity contribution in [2.24, 2.45) is 5.92 Å². The molecule has 6 heteroatoms. The summed E-state index contributed by atoms with van der Waals surface area (Å²) < 4.78 is 4.85. The first-order chi connectivity index (χ1) is 11.1. The van der Waals surface area contributed by atoms with Gasteiger partial charge < -0.3 is 9.64 Å². The number of esters is 1. The Labute approximate surface area is 139 Å². The molecule has 2 aromatic rings. The number of ether oxygens (including phenoxy) is 1. The Morgan fingerprint density at radius 1 is 1.48 bits per heavy atom. The van der Waals surface area contributed by atoms with E-state index in [2.05, 4.69) is 11.1 Å². The molecule has 0 radical (unpaired) electrons. The van der Waals surface area contributed by atoms with Crippen LogP contribution in [0.1, 0.15) is 18.4 Å². The summed E-state index contributed by atoms with van der Waals surface area (Å²) in [6, 6.07) is 9.29. The third kappa shape index (κ3) is 3.08. The van der Waals surface area contributed by atoms with Gasteiger partial charge in [-0.1, -0.05) is 11.6 Å². The SMILES string of the molecule is COC(=O)[C@H]1CCCN(c2cc(C#N)c3cc(Cl)ccc3n2)C1. The highest BCUT2D eigenvalue weighted by molar-refractivity contribution is 6.31. The highest BCUT2D eigenvalue weighted by Crippen LogP contribution is 2.28. The smallest absolute Gasteiger partial charge is 0.310 e. The van der Waals surface area contributed by atoms with E-state index in [1.54, 1.807) is 18.2 Å². The van der Waals surface area contributed by atoms with Crippen molar-refractivity contribution < 1.29 is 9.53 Å². The quantitative estimate of drug-likeness (QED) is 0.792. The Kier molecular flexibility index (Phi) is 4.35. The number of benzene rings is 1. The molecular formula is C17H16ClN3O2. The van der Waals surface area contributed by atoms with Crippen molar-refractivity contribution in [1.29, 1.82) is 5.26 Å². The molecule has 1 aromatic carbocycles. The maximum Gasteiger partial charge on any atom is 0.310 e. The normalized spacial score (nSPS) is 17.8. The number of pyridine rings is 1. The minimum Gasteiger partial charge on any atom is -0.469 e. The lowest BCUT2D eigenvalue weighted by Gasteiger charge is -2.32. The lowest BCUT2D eigenvalue weighted by atomic mass is 9.98. The Morgan fingerprint density at radius 3 is 3.04 bits per heavy atom. The fourth-order valence-electron chi connectivity index (χ4n) is 2.98. The fraction of sp³-hybridized carbons (Fsp3) is 0.353. The number of nitrogens with zero attached hydrogens (tertiary/aromatic N) is 3. The number of anilines is 1. The van der Waals surface area contributed by atoms with Crippen LogP contribution in [-0.2, 0) is 9.53 Å². The van der Waals surface area contributed by atoms with Crippen molar-refractivity contribution in [2.45, 2.75) is 12.8 Å². The molecule has 0 saturated carbocycles. The van der Waals surface area contributed by atoms with Gasteiger partial charge in [-0.05, 0) is 37.1 Å². The van der Waals surface area contributed by atoms with E-state index in [0.717, 1.165) is 30.3 Å². The fourth-order valence-corrected chi connectivity index (χ4v) is 3.15. The molecule has 0 aliphatic carbocycles. The minimum absolute atomic E-state index is 0.151. The molecule has 1 fully saturated rings. The van der Waals surface area contributed by atoms with Gasteiger partial charge in [-0.15, -0.1) is 0 Å². The number of hydrogen-bond acceptors (Lipinski definition) is 5. The average Bonchev–Trinajstić information content (AvgIpc) is 2.60. The zero-order valence-electron chi connectivity index (χ0n) is 12.8. The largest absolute Gasteiger partial charge is 0.469 e. The third-order valence-corrected chi connectivity index (χ3v) is 4.39. The summed E-state index contributed by atoms with van der Waals surface area (Å²) in [6.45, 7) is 1.37. The van der Waals surface area contributed by atoms with Crippen LogP contribution < -0.4 is 4.90 Å². The summed E-state index contributed by atoms with van der Waals surface area (Å²) in [6.07, 6.45) is 1.71. The standard InChI is InChI=1S/C17H16ClN3O2/c1-23-17(22)11-3-2-6-21(10-11)16-7-12(9-19)14-8-13(18)4-5-15(14)20-16/h4-5,7-8,11H,2-3,6,10H2,1H3/t11-/m0/s1. The molecule has 0 unspecified atom stereocenters. The summed E-state index contributed by atoms with van der Waals surface area (Å²) in [5.74, 6) is 0.370. The van der Waals surface area contributed by atoms with E-state index < -0.39 is 0 Å². The van der Waals surface area contributed by atoms with Gasteiger partial charge in [0.1, 0.15) is 5.82 Å². The van der Waals surface area contributed by atoms with Gasteiger partial charge in [0, 0.05) is 23.5 Å². The highest BCUT2D eigenvalue weighted by atomic mass is 35.5. The van der Waals surface area contributed by atoms with E-state index in [1.165, 1.54) is 7.11 Å². The summed E-state index contributed by atoms with van der Waals surface area (Å²) in [7, 11) is 1.41. The molecule has 1 aromatic heterocycles. The van der Waals surface area contributed by atoms with Crippen LogP contribution in [0.15, 0.2) is 24.3 Å². The Morgan fingerprint density at radius 2 is 2.30 bits per heavy atom. The van der Waals surface area contributed by atoms with Gasteiger partial charge in [0.2, 0.25) is 0 Å². The number of rotatable bonds is 2. The number of carbonyl (C=O) groups excluding carboxylic acids is 1. The van der Waals surface area contributed by atoms with Crippen LogP contribution in [0.3, 0.4) is 0 Å². The molecule has 5 nitrogen and oxygen atoms in total. The second-order valence-corrected chi connectivity index (χ2v) is 6.05. The summed E-state index contributed by atoms with van der Waals surface area (Å²) in [5.41, 5.74) is 1.26. The van der Waals surface area contributed by atoms with Gasteiger partial charge in [-0.25, -0.2) is 4.98 Å². The van der Waals surface area contributed by atoms with Gasteiger partial charge in [0.15, 0.2) is 0 Å². The number of piperidine rings is 1. The molecule has 0 N–H and O–H groups in total. The van der Waals surface area contributed by atoms with Crippen LogP contribution >= 0.6 is 11.6 Å². The number of halogens is 1.